The zero-order chi connectivity index (χ0) is 16.8. The van der Waals surface area contributed by atoms with Gasteiger partial charge in [-0.15, -0.1) is 0 Å². The predicted molar refractivity (Wildman–Crippen MR) is 98.2 cm³/mol. The number of ether oxygens (including phenoxy) is 1. The third kappa shape index (κ3) is 4.60. The topological polar surface area (TPSA) is 59.1 Å². The number of aromatic nitrogens is 2. The van der Waals surface area contributed by atoms with Crippen LogP contribution in [-0.2, 0) is 0 Å². The van der Waals surface area contributed by atoms with E-state index < -0.39 is 0 Å². The molecule has 3 rings (SSSR count). The number of benzene rings is 1. The monoisotopic (exact) mass is 326 g/mol. The second-order valence-electron chi connectivity index (χ2n) is 6.40. The van der Waals surface area contributed by atoms with Crippen molar-refractivity contribution in [2.75, 3.05) is 17.7 Å². The lowest BCUT2D eigenvalue weighted by Crippen LogP contribution is -2.19. The Morgan fingerprint density at radius 1 is 1.00 bits per heavy atom. The maximum absolute atomic E-state index is 5.18. The van der Waals surface area contributed by atoms with E-state index in [-0.39, 0.29) is 0 Å². The summed E-state index contributed by atoms with van der Waals surface area (Å²) in [6, 6.07) is 10.3. The van der Waals surface area contributed by atoms with Crippen molar-refractivity contribution in [1.82, 2.24) is 9.97 Å². The third-order valence-electron chi connectivity index (χ3n) is 4.41. The lowest BCUT2D eigenvalue weighted by molar-refractivity contribution is 0.415. The van der Waals surface area contributed by atoms with Crippen molar-refractivity contribution >= 4 is 17.5 Å². The summed E-state index contributed by atoms with van der Waals surface area (Å²) in [5, 5.41) is 6.86. The fourth-order valence-corrected chi connectivity index (χ4v) is 3.13. The molecule has 1 aromatic carbocycles. The Morgan fingerprint density at radius 2 is 1.71 bits per heavy atom. The molecule has 1 saturated carbocycles. The van der Waals surface area contributed by atoms with Crippen LogP contribution >= 0.6 is 0 Å². The molecule has 2 N–H and O–H groups in total. The summed E-state index contributed by atoms with van der Waals surface area (Å²) in [5.41, 5.74) is 1.90. The molecule has 0 amide bonds. The van der Waals surface area contributed by atoms with Crippen molar-refractivity contribution in [3.8, 4) is 5.75 Å². The van der Waals surface area contributed by atoms with Crippen LogP contribution in [0.15, 0.2) is 30.3 Å². The van der Waals surface area contributed by atoms with Crippen molar-refractivity contribution in [2.45, 2.75) is 51.5 Å². The van der Waals surface area contributed by atoms with Gasteiger partial charge in [0.05, 0.1) is 7.11 Å². The Labute approximate surface area is 143 Å². The summed E-state index contributed by atoms with van der Waals surface area (Å²) < 4.78 is 5.18. The summed E-state index contributed by atoms with van der Waals surface area (Å²) in [6.07, 6.45) is 7.77. The number of nitrogens with one attached hydrogen (secondary N) is 2. The maximum Gasteiger partial charge on any atom is 0.229 e. The van der Waals surface area contributed by atoms with Gasteiger partial charge in [0.1, 0.15) is 11.6 Å². The van der Waals surface area contributed by atoms with Crippen LogP contribution in [0.1, 0.15) is 44.2 Å². The quantitative estimate of drug-likeness (QED) is 0.782. The van der Waals surface area contributed by atoms with E-state index in [0.717, 1.165) is 22.9 Å². The lowest BCUT2D eigenvalue weighted by atomic mass is 10.1. The highest BCUT2D eigenvalue weighted by Crippen LogP contribution is 2.22. The molecule has 1 fully saturated rings. The molecule has 0 unspecified atom stereocenters. The van der Waals surface area contributed by atoms with Crippen LogP contribution in [0.3, 0.4) is 0 Å². The van der Waals surface area contributed by atoms with Crippen LogP contribution in [0.4, 0.5) is 17.5 Å². The van der Waals surface area contributed by atoms with Gasteiger partial charge in [-0.2, -0.15) is 4.98 Å². The molecule has 2 aromatic rings. The van der Waals surface area contributed by atoms with Gasteiger partial charge in [-0.25, -0.2) is 4.98 Å². The number of methoxy groups -OCH3 is 1. The van der Waals surface area contributed by atoms with Gasteiger partial charge in [0, 0.05) is 23.5 Å². The molecule has 0 atom stereocenters. The molecule has 0 radical (unpaired) electrons. The second-order valence-corrected chi connectivity index (χ2v) is 6.40. The predicted octanol–water partition coefficient (Wildman–Crippen LogP) is 4.67. The Kier molecular flexibility index (Phi) is 5.51. The van der Waals surface area contributed by atoms with E-state index in [1.165, 1.54) is 38.5 Å². The number of hydrogen-bond acceptors (Lipinski definition) is 5. The molecular formula is C19H26N4O. The van der Waals surface area contributed by atoms with Gasteiger partial charge in [0.15, 0.2) is 0 Å². The number of hydrogen-bond donors (Lipinski definition) is 2. The van der Waals surface area contributed by atoms with Gasteiger partial charge in [0.25, 0.3) is 0 Å². The SMILES string of the molecule is COc1ccc(Nc2nc(C)cc(NC3CCCCCC3)n2)cc1. The number of anilines is 3. The smallest absolute Gasteiger partial charge is 0.229 e. The average molecular weight is 326 g/mol. The number of rotatable bonds is 5. The largest absolute Gasteiger partial charge is 0.497 e. The van der Waals surface area contributed by atoms with Crippen LogP contribution in [-0.4, -0.2) is 23.1 Å². The molecule has 128 valence electrons. The Hall–Kier alpha value is -2.30. The molecule has 0 bridgehead atoms. The Morgan fingerprint density at radius 3 is 2.38 bits per heavy atom. The summed E-state index contributed by atoms with van der Waals surface area (Å²) in [7, 11) is 1.66. The van der Waals surface area contributed by atoms with Crippen LogP contribution < -0.4 is 15.4 Å². The third-order valence-corrected chi connectivity index (χ3v) is 4.41. The minimum Gasteiger partial charge on any atom is -0.497 e. The second kappa shape index (κ2) is 7.99. The van der Waals surface area contributed by atoms with Gasteiger partial charge in [-0.3, -0.25) is 0 Å². The molecular weight excluding hydrogens is 300 g/mol. The molecule has 0 aliphatic heterocycles. The van der Waals surface area contributed by atoms with Gasteiger partial charge >= 0.3 is 0 Å². The van der Waals surface area contributed by atoms with Gasteiger partial charge in [0.2, 0.25) is 5.95 Å². The van der Waals surface area contributed by atoms with E-state index in [1.54, 1.807) is 7.11 Å². The van der Waals surface area contributed by atoms with Gasteiger partial charge < -0.3 is 15.4 Å². The molecule has 1 aliphatic carbocycles. The van der Waals surface area contributed by atoms with E-state index in [1.807, 2.05) is 37.3 Å². The number of nitrogens with zero attached hydrogens (tertiary/aromatic N) is 2. The Balaban J connectivity index is 1.70. The first-order valence-electron chi connectivity index (χ1n) is 8.76. The van der Waals surface area contributed by atoms with E-state index in [4.69, 9.17) is 4.74 Å². The molecule has 24 heavy (non-hydrogen) atoms. The number of aryl methyl sites for hydroxylation is 1. The fourth-order valence-electron chi connectivity index (χ4n) is 3.13. The van der Waals surface area contributed by atoms with Gasteiger partial charge in [-0.1, -0.05) is 25.7 Å². The van der Waals surface area contributed by atoms with Crippen LogP contribution in [0.5, 0.6) is 5.75 Å². The molecule has 5 heteroatoms. The van der Waals surface area contributed by atoms with Crippen molar-refractivity contribution in [2.24, 2.45) is 0 Å². The minimum absolute atomic E-state index is 0.524. The molecule has 5 nitrogen and oxygen atoms in total. The average Bonchev–Trinajstić information content (AvgIpc) is 2.84. The molecule has 1 heterocycles. The Bertz CT molecular complexity index is 649. The summed E-state index contributed by atoms with van der Waals surface area (Å²) in [4.78, 5) is 9.12. The first-order valence-corrected chi connectivity index (χ1v) is 8.76. The van der Waals surface area contributed by atoms with Crippen LogP contribution in [0.2, 0.25) is 0 Å². The molecule has 0 spiro atoms. The molecule has 1 aliphatic rings. The first-order chi connectivity index (χ1) is 11.7. The van der Waals surface area contributed by atoms with Crippen molar-refractivity contribution in [3.63, 3.8) is 0 Å². The zero-order valence-electron chi connectivity index (χ0n) is 14.5. The fraction of sp³-hybridized carbons (Fsp3) is 0.474. The van der Waals surface area contributed by atoms with Crippen LogP contribution in [0, 0.1) is 6.92 Å². The normalized spacial score (nSPS) is 15.6. The minimum atomic E-state index is 0.524. The van der Waals surface area contributed by atoms with E-state index in [9.17, 15) is 0 Å². The highest BCUT2D eigenvalue weighted by atomic mass is 16.5. The van der Waals surface area contributed by atoms with Crippen molar-refractivity contribution < 1.29 is 4.74 Å². The first kappa shape index (κ1) is 16.6. The highest BCUT2D eigenvalue weighted by Gasteiger charge is 2.13. The lowest BCUT2D eigenvalue weighted by Gasteiger charge is -2.17. The summed E-state index contributed by atoms with van der Waals surface area (Å²) in [6.45, 7) is 2.00. The molecule has 0 saturated heterocycles. The van der Waals surface area contributed by atoms with Crippen LogP contribution in [0.25, 0.3) is 0 Å². The van der Waals surface area contributed by atoms with Gasteiger partial charge in [-0.05, 0) is 44.0 Å². The summed E-state index contributed by atoms with van der Waals surface area (Å²) >= 11 is 0. The standard InChI is InChI=1S/C19H26N4O/c1-14-13-18(21-15-7-5-3-4-6-8-15)23-19(20-14)22-16-9-11-17(24-2)12-10-16/h9-13,15H,3-8H2,1-2H3,(H2,20,21,22,23). The highest BCUT2D eigenvalue weighted by molar-refractivity contribution is 5.56. The van der Waals surface area contributed by atoms with E-state index in [2.05, 4.69) is 20.6 Å². The van der Waals surface area contributed by atoms with Crippen molar-refractivity contribution in [3.05, 3.63) is 36.0 Å². The van der Waals surface area contributed by atoms with E-state index >= 15 is 0 Å². The van der Waals surface area contributed by atoms with Crippen molar-refractivity contribution in [1.29, 1.82) is 0 Å². The maximum atomic E-state index is 5.18. The zero-order valence-corrected chi connectivity index (χ0v) is 14.5. The van der Waals surface area contributed by atoms with E-state index in [0.29, 0.717) is 12.0 Å². The summed E-state index contributed by atoms with van der Waals surface area (Å²) in [5.74, 6) is 2.36. The molecule has 1 aromatic heterocycles.